The Hall–Kier alpha value is -2.41. The van der Waals surface area contributed by atoms with Gasteiger partial charge in [-0.05, 0) is 17.7 Å². The third kappa shape index (κ3) is 4.55. The summed E-state index contributed by atoms with van der Waals surface area (Å²) in [4.78, 5) is 11.8. The van der Waals surface area contributed by atoms with E-state index in [1.54, 1.807) is 18.3 Å². The van der Waals surface area contributed by atoms with Crippen molar-refractivity contribution in [3.8, 4) is 0 Å². The number of hydrogen-bond donors (Lipinski definition) is 3. The van der Waals surface area contributed by atoms with E-state index in [4.69, 9.17) is 0 Å². The number of fused-ring (bicyclic) bond motifs is 1. The molecule has 3 N–H and O–H groups in total. The standard InChI is InChI=1S/C17H22FN5O/c18-15-3-1-2-13(8-15)9-17(24)20-7-6-19-10-14-11-21-16-4-5-22-23(16)12-14/h1-5,8,14,19,21H,6-7,9-12H2,(H,20,24). The van der Waals surface area contributed by atoms with Crippen molar-refractivity contribution in [1.29, 1.82) is 0 Å². The van der Waals surface area contributed by atoms with Gasteiger partial charge in [0, 0.05) is 44.7 Å². The van der Waals surface area contributed by atoms with Crippen LogP contribution in [-0.2, 0) is 17.8 Å². The zero-order chi connectivity index (χ0) is 16.8. The lowest BCUT2D eigenvalue weighted by Crippen LogP contribution is -2.38. The van der Waals surface area contributed by atoms with E-state index in [0.717, 1.165) is 25.5 Å². The second kappa shape index (κ2) is 7.92. The first-order valence-electron chi connectivity index (χ1n) is 8.18. The van der Waals surface area contributed by atoms with Crippen LogP contribution in [-0.4, -0.2) is 41.9 Å². The van der Waals surface area contributed by atoms with Crippen molar-refractivity contribution in [3.63, 3.8) is 0 Å². The molecule has 0 spiro atoms. The molecule has 1 unspecified atom stereocenters. The maximum absolute atomic E-state index is 13.1. The monoisotopic (exact) mass is 331 g/mol. The third-order valence-corrected chi connectivity index (χ3v) is 4.03. The highest BCUT2D eigenvalue weighted by Crippen LogP contribution is 2.15. The molecule has 0 radical (unpaired) electrons. The van der Waals surface area contributed by atoms with Crippen LogP contribution in [0.3, 0.4) is 0 Å². The van der Waals surface area contributed by atoms with Crippen LogP contribution in [0.2, 0.25) is 0 Å². The minimum atomic E-state index is -0.316. The second-order valence-corrected chi connectivity index (χ2v) is 6.01. The Morgan fingerprint density at radius 2 is 2.29 bits per heavy atom. The van der Waals surface area contributed by atoms with Crippen molar-refractivity contribution in [1.82, 2.24) is 20.4 Å². The summed E-state index contributed by atoms with van der Waals surface area (Å²) in [6.45, 7) is 3.95. The Bertz CT molecular complexity index is 687. The van der Waals surface area contributed by atoms with Gasteiger partial charge in [-0.3, -0.25) is 4.79 Å². The van der Waals surface area contributed by atoms with Crippen LogP contribution in [0.1, 0.15) is 5.56 Å². The predicted octanol–water partition coefficient (Wildman–Crippen LogP) is 1.01. The molecule has 128 valence electrons. The molecule has 6 nitrogen and oxygen atoms in total. The predicted molar refractivity (Wildman–Crippen MR) is 90.2 cm³/mol. The van der Waals surface area contributed by atoms with Gasteiger partial charge in [0.2, 0.25) is 5.91 Å². The maximum Gasteiger partial charge on any atom is 0.224 e. The van der Waals surface area contributed by atoms with Gasteiger partial charge in [-0.15, -0.1) is 0 Å². The highest BCUT2D eigenvalue weighted by molar-refractivity contribution is 5.78. The first-order chi connectivity index (χ1) is 11.7. The number of rotatable bonds is 7. The molecule has 0 saturated heterocycles. The summed E-state index contributed by atoms with van der Waals surface area (Å²) in [5.74, 6) is 1.13. The van der Waals surface area contributed by atoms with Crippen molar-refractivity contribution in [2.75, 3.05) is 31.5 Å². The highest BCUT2D eigenvalue weighted by atomic mass is 19.1. The lowest BCUT2D eigenvalue weighted by Gasteiger charge is -2.25. The fraction of sp³-hybridized carbons (Fsp3) is 0.412. The van der Waals surface area contributed by atoms with E-state index in [-0.39, 0.29) is 18.1 Å². The number of nitrogens with one attached hydrogen (secondary N) is 3. The summed E-state index contributed by atoms with van der Waals surface area (Å²) < 4.78 is 15.0. The zero-order valence-corrected chi connectivity index (χ0v) is 13.5. The average molecular weight is 331 g/mol. The van der Waals surface area contributed by atoms with E-state index in [2.05, 4.69) is 21.0 Å². The van der Waals surface area contributed by atoms with E-state index in [0.29, 0.717) is 24.6 Å². The van der Waals surface area contributed by atoms with Gasteiger partial charge in [0.05, 0.1) is 12.6 Å². The van der Waals surface area contributed by atoms with E-state index in [1.165, 1.54) is 12.1 Å². The molecule has 1 amide bonds. The quantitative estimate of drug-likeness (QED) is 0.662. The summed E-state index contributed by atoms with van der Waals surface area (Å²) in [5.41, 5.74) is 0.684. The number of carbonyl (C=O) groups is 1. The van der Waals surface area contributed by atoms with Gasteiger partial charge >= 0.3 is 0 Å². The molecule has 1 aromatic carbocycles. The molecule has 3 rings (SSSR count). The van der Waals surface area contributed by atoms with Gasteiger partial charge in [-0.1, -0.05) is 12.1 Å². The molecule has 1 aromatic heterocycles. The largest absolute Gasteiger partial charge is 0.370 e. The smallest absolute Gasteiger partial charge is 0.224 e. The van der Waals surface area contributed by atoms with E-state index < -0.39 is 0 Å². The van der Waals surface area contributed by atoms with Crippen LogP contribution in [0.25, 0.3) is 0 Å². The van der Waals surface area contributed by atoms with Crippen molar-refractivity contribution in [2.24, 2.45) is 5.92 Å². The van der Waals surface area contributed by atoms with Crippen LogP contribution in [0, 0.1) is 11.7 Å². The van der Waals surface area contributed by atoms with Gasteiger partial charge < -0.3 is 16.0 Å². The number of carbonyl (C=O) groups excluding carboxylic acids is 1. The zero-order valence-electron chi connectivity index (χ0n) is 13.5. The molecule has 24 heavy (non-hydrogen) atoms. The number of benzene rings is 1. The van der Waals surface area contributed by atoms with Crippen molar-refractivity contribution >= 4 is 11.7 Å². The number of aromatic nitrogens is 2. The Morgan fingerprint density at radius 1 is 1.38 bits per heavy atom. The van der Waals surface area contributed by atoms with E-state index in [9.17, 15) is 9.18 Å². The fourth-order valence-electron chi connectivity index (χ4n) is 2.81. The average Bonchev–Trinajstić information content (AvgIpc) is 3.02. The van der Waals surface area contributed by atoms with Crippen molar-refractivity contribution < 1.29 is 9.18 Å². The first-order valence-corrected chi connectivity index (χ1v) is 8.18. The summed E-state index contributed by atoms with van der Waals surface area (Å²) in [6, 6.07) is 8.09. The number of halogens is 1. The van der Waals surface area contributed by atoms with Crippen LogP contribution in [0.4, 0.5) is 10.2 Å². The molecule has 0 fully saturated rings. The molecular formula is C17H22FN5O. The lowest BCUT2D eigenvalue weighted by atomic mass is 10.1. The highest BCUT2D eigenvalue weighted by Gasteiger charge is 2.17. The van der Waals surface area contributed by atoms with E-state index >= 15 is 0 Å². The SMILES string of the molecule is O=C(Cc1cccc(F)c1)NCCNCC1CNc2ccnn2C1. The Labute approximate surface area is 140 Å². The van der Waals surface area contributed by atoms with Gasteiger partial charge in [0.1, 0.15) is 11.6 Å². The third-order valence-electron chi connectivity index (χ3n) is 4.03. The summed E-state index contributed by atoms with van der Waals surface area (Å²) in [5, 5.41) is 13.8. The van der Waals surface area contributed by atoms with Gasteiger partial charge in [0.15, 0.2) is 0 Å². The Balaban J connectivity index is 1.29. The van der Waals surface area contributed by atoms with Crippen LogP contribution < -0.4 is 16.0 Å². The van der Waals surface area contributed by atoms with Crippen LogP contribution >= 0.6 is 0 Å². The normalized spacial score (nSPS) is 16.3. The molecule has 2 heterocycles. The van der Waals surface area contributed by atoms with Gasteiger partial charge in [0.25, 0.3) is 0 Å². The molecule has 0 bridgehead atoms. The summed E-state index contributed by atoms with van der Waals surface area (Å²) in [7, 11) is 0. The van der Waals surface area contributed by atoms with Crippen molar-refractivity contribution in [2.45, 2.75) is 13.0 Å². The molecule has 7 heteroatoms. The topological polar surface area (TPSA) is 71.0 Å². The molecule has 1 atom stereocenters. The first kappa shape index (κ1) is 16.4. The lowest BCUT2D eigenvalue weighted by molar-refractivity contribution is -0.120. The number of hydrogen-bond acceptors (Lipinski definition) is 4. The molecule has 0 aliphatic carbocycles. The molecule has 1 aliphatic rings. The van der Waals surface area contributed by atoms with Gasteiger partial charge in [-0.2, -0.15) is 5.10 Å². The van der Waals surface area contributed by atoms with Crippen molar-refractivity contribution in [3.05, 3.63) is 47.9 Å². The maximum atomic E-state index is 13.1. The minimum Gasteiger partial charge on any atom is -0.370 e. The molecule has 0 saturated carbocycles. The number of nitrogens with zero attached hydrogens (tertiary/aromatic N) is 2. The van der Waals surface area contributed by atoms with E-state index in [1.807, 2.05) is 10.7 Å². The Morgan fingerprint density at radius 3 is 3.17 bits per heavy atom. The molecule has 2 aromatic rings. The van der Waals surface area contributed by atoms with Crippen LogP contribution in [0.15, 0.2) is 36.5 Å². The number of amides is 1. The summed E-state index contributed by atoms with van der Waals surface area (Å²) >= 11 is 0. The second-order valence-electron chi connectivity index (χ2n) is 6.01. The summed E-state index contributed by atoms with van der Waals surface area (Å²) in [6.07, 6.45) is 2.00. The van der Waals surface area contributed by atoms with Crippen LogP contribution in [0.5, 0.6) is 0 Å². The van der Waals surface area contributed by atoms with Gasteiger partial charge in [-0.25, -0.2) is 9.07 Å². The Kier molecular flexibility index (Phi) is 5.43. The fourth-order valence-corrected chi connectivity index (χ4v) is 2.81. The molecular weight excluding hydrogens is 309 g/mol. The minimum absolute atomic E-state index is 0.0945. The molecule has 1 aliphatic heterocycles. The number of anilines is 1.